The Morgan fingerprint density at radius 2 is 1.67 bits per heavy atom. The third-order valence-corrected chi connectivity index (χ3v) is 5.54. The molecule has 0 fully saturated rings. The number of rotatable bonds is 5. The molecule has 0 aliphatic heterocycles. The van der Waals surface area contributed by atoms with E-state index in [9.17, 15) is 8.42 Å². The summed E-state index contributed by atoms with van der Waals surface area (Å²) >= 11 is 0. The van der Waals surface area contributed by atoms with Gasteiger partial charge in [-0.25, -0.2) is 18.5 Å². The van der Waals surface area contributed by atoms with E-state index in [1.807, 2.05) is 26.8 Å². The SMILES string of the molecule is Cc1cc(C)c(Oc2nc(Nc3ccc(S(N)(=O)=O)cc3)nc3cc[nH]c23)c(C)c1. The number of aromatic amines is 1. The zero-order valence-corrected chi connectivity index (χ0v) is 17.5. The minimum Gasteiger partial charge on any atom is -0.436 e. The number of nitrogens with zero attached hydrogens (tertiary/aromatic N) is 2. The van der Waals surface area contributed by atoms with E-state index in [1.54, 1.807) is 18.3 Å². The first kappa shape index (κ1) is 19.9. The van der Waals surface area contributed by atoms with Crippen molar-refractivity contribution in [2.24, 2.45) is 5.14 Å². The van der Waals surface area contributed by atoms with Crippen LogP contribution in [0.4, 0.5) is 11.6 Å². The van der Waals surface area contributed by atoms with Crippen LogP contribution in [0.15, 0.2) is 53.6 Å². The van der Waals surface area contributed by atoms with Crippen LogP contribution in [0.2, 0.25) is 0 Å². The van der Waals surface area contributed by atoms with Crippen molar-refractivity contribution < 1.29 is 13.2 Å². The molecule has 0 spiro atoms. The lowest BCUT2D eigenvalue weighted by Crippen LogP contribution is -2.11. The van der Waals surface area contributed by atoms with Gasteiger partial charge in [-0.2, -0.15) is 4.98 Å². The maximum atomic E-state index is 11.4. The van der Waals surface area contributed by atoms with Gasteiger partial charge in [-0.15, -0.1) is 0 Å². The molecule has 2 heterocycles. The molecule has 4 N–H and O–H groups in total. The predicted octanol–water partition coefficient (Wildman–Crippen LogP) is 4.07. The smallest absolute Gasteiger partial charge is 0.248 e. The molecule has 0 radical (unpaired) electrons. The van der Waals surface area contributed by atoms with Crippen LogP contribution in [-0.2, 0) is 10.0 Å². The number of hydrogen-bond acceptors (Lipinski definition) is 6. The summed E-state index contributed by atoms with van der Waals surface area (Å²) in [6, 6.07) is 12.0. The second-order valence-corrected chi connectivity index (χ2v) is 8.68. The Kier molecular flexibility index (Phi) is 4.92. The van der Waals surface area contributed by atoms with Crippen molar-refractivity contribution in [3.8, 4) is 11.6 Å². The number of benzene rings is 2. The summed E-state index contributed by atoms with van der Waals surface area (Å²) in [6.45, 7) is 6.03. The van der Waals surface area contributed by atoms with Crippen molar-refractivity contribution in [2.75, 3.05) is 5.32 Å². The highest BCUT2D eigenvalue weighted by molar-refractivity contribution is 7.89. The standard InChI is InChI=1S/C21H21N5O3S/c1-12-10-13(2)19(14(3)11-12)29-20-18-17(8-9-23-18)25-21(26-20)24-15-4-6-16(7-5-15)30(22,27)28/h4-11,23H,1-3H3,(H2,22,27,28)(H,24,25,26). The number of ether oxygens (including phenoxy) is 1. The van der Waals surface area contributed by atoms with Crippen molar-refractivity contribution in [3.63, 3.8) is 0 Å². The lowest BCUT2D eigenvalue weighted by atomic mass is 10.1. The molecule has 0 aliphatic carbocycles. The van der Waals surface area contributed by atoms with E-state index in [4.69, 9.17) is 9.88 Å². The van der Waals surface area contributed by atoms with Gasteiger partial charge in [0.1, 0.15) is 11.3 Å². The molecule has 2 aromatic carbocycles. The minimum atomic E-state index is -3.75. The molecule has 0 saturated heterocycles. The molecule has 0 saturated carbocycles. The fraction of sp³-hybridized carbons (Fsp3) is 0.143. The minimum absolute atomic E-state index is 0.0319. The zero-order chi connectivity index (χ0) is 21.5. The van der Waals surface area contributed by atoms with Gasteiger partial charge < -0.3 is 15.0 Å². The van der Waals surface area contributed by atoms with E-state index in [2.05, 4.69) is 32.4 Å². The summed E-state index contributed by atoms with van der Waals surface area (Å²) in [5, 5.41) is 8.22. The Morgan fingerprint density at radius 1 is 1.00 bits per heavy atom. The molecule has 0 bridgehead atoms. The Bertz CT molecular complexity index is 1320. The molecule has 2 aromatic heterocycles. The van der Waals surface area contributed by atoms with Gasteiger partial charge in [0.25, 0.3) is 0 Å². The number of fused-ring (bicyclic) bond motifs is 1. The van der Waals surface area contributed by atoms with Crippen molar-refractivity contribution in [1.82, 2.24) is 15.0 Å². The topological polar surface area (TPSA) is 123 Å². The molecule has 0 atom stereocenters. The normalized spacial score (nSPS) is 11.6. The summed E-state index contributed by atoms with van der Waals surface area (Å²) in [6.07, 6.45) is 1.77. The maximum absolute atomic E-state index is 11.4. The zero-order valence-electron chi connectivity index (χ0n) is 16.7. The molecule has 4 aromatic rings. The van der Waals surface area contributed by atoms with E-state index in [0.29, 0.717) is 28.5 Å². The van der Waals surface area contributed by atoms with Gasteiger partial charge in [-0.3, -0.25) is 0 Å². The van der Waals surface area contributed by atoms with Gasteiger partial charge in [0.05, 0.1) is 10.4 Å². The number of sulfonamides is 1. The fourth-order valence-electron chi connectivity index (χ4n) is 3.33. The van der Waals surface area contributed by atoms with Gasteiger partial charge in [-0.05, 0) is 62.2 Å². The van der Waals surface area contributed by atoms with Gasteiger partial charge in [0, 0.05) is 11.9 Å². The van der Waals surface area contributed by atoms with Crippen LogP contribution in [0.1, 0.15) is 16.7 Å². The summed E-state index contributed by atoms with van der Waals surface area (Å²) < 4.78 is 29.0. The molecule has 8 nitrogen and oxygen atoms in total. The second-order valence-electron chi connectivity index (χ2n) is 7.11. The number of anilines is 2. The van der Waals surface area contributed by atoms with Crippen molar-refractivity contribution in [2.45, 2.75) is 25.7 Å². The van der Waals surface area contributed by atoms with Crippen LogP contribution in [0.25, 0.3) is 11.0 Å². The number of H-pyrrole nitrogens is 1. The average Bonchev–Trinajstić information content (AvgIpc) is 3.13. The number of nitrogens with one attached hydrogen (secondary N) is 2. The van der Waals surface area contributed by atoms with Crippen LogP contribution in [-0.4, -0.2) is 23.4 Å². The maximum Gasteiger partial charge on any atom is 0.248 e. The molecule has 30 heavy (non-hydrogen) atoms. The highest BCUT2D eigenvalue weighted by Crippen LogP contribution is 2.33. The first-order chi connectivity index (χ1) is 14.2. The lowest BCUT2D eigenvalue weighted by molar-refractivity contribution is 0.461. The average molecular weight is 423 g/mol. The van der Waals surface area contributed by atoms with Crippen LogP contribution >= 0.6 is 0 Å². The lowest BCUT2D eigenvalue weighted by Gasteiger charge is -2.14. The first-order valence-electron chi connectivity index (χ1n) is 9.21. The van der Waals surface area contributed by atoms with E-state index in [1.165, 1.54) is 12.1 Å². The van der Waals surface area contributed by atoms with Gasteiger partial charge in [0.2, 0.25) is 21.9 Å². The summed E-state index contributed by atoms with van der Waals surface area (Å²) in [4.78, 5) is 12.2. The number of aromatic nitrogens is 3. The Hall–Kier alpha value is -3.43. The monoisotopic (exact) mass is 423 g/mol. The van der Waals surface area contributed by atoms with E-state index < -0.39 is 10.0 Å². The van der Waals surface area contributed by atoms with E-state index in [0.717, 1.165) is 22.4 Å². The van der Waals surface area contributed by atoms with Crippen LogP contribution < -0.4 is 15.2 Å². The fourth-order valence-corrected chi connectivity index (χ4v) is 3.84. The molecule has 9 heteroatoms. The third kappa shape index (κ3) is 3.98. The quantitative estimate of drug-likeness (QED) is 0.445. The second kappa shape index (κ2) is 7.43. The Morgan fingerprint density at radius 3 is 2.30 bits per heavy atom. The van der Waals surface area contributed by atoms with Crippen molar-refractivity contribution in [3.05, 3.63) is 65.4 Å². The highest BCUT2D eigenvalue weighted by Gasteiger charge is 2.15. The largest absolute Gasteiger partial charge is 0.436 e. The van der Waals surface area contributed by atoms with Crippen molar-refractivity contribution in [1.29, 1.82) is 0 Å². The van der Waals surface area contributed by atoms with Gasteiger partial charge in [-0.1, -0.05) is 17.7 Å². The Labute approximate surface area is 174 Å². The van der Waals surface area contributed by atoms with Gasteiger partial charge >= 0.3 is 0 Å². The molecule has 0 unspecified atom stereocenters. The molecule has 4 rings (SSSR count). The predicted molar refractivity (Wildman–Crippen MR) is 116 cm³/mol. The summed E-state index contributed by atoms with van der Waals surface area (Å²) in [7, 11) is -3.75. The molecule has 154 valence electrons. The van der Waals surface area contributed by atoms with Crippen molar-refractivity contribution >= 4 is 32.7 Å². The van der Waals surface area contributed by atoms with Gasteiger partial charge in [0.15, 0.2) is 0 Å². The first-order valence-corrected chi connectivity index (χ1v) is 10.8. The molecular weight excluding hydrogens is 402 g/mol. The van der Waals surface area contributed by atoms with Crippen LogP contribution in [0, 0.1) is 20.8 Å². The molecule has 0 amide bonds. The van der Waals surface area contributed by atoms with Crippen LogP contribution in [0.3, 0.4) is 0 Å². The Balaban J connectivity index is 1.70. The number of aryl methyl sites for hydroxylation is 3. The van der Waals surface area contributed by atoms with Crippen LogP contribution in [0.5, 0.6) is 11.6 Å². The highest BCUT2D eigenvalue weighted by atomic mass is 32.2. The number of primary sulfonamides is 1. The number of nitrogens with two attached hydrogens (primary N) is 1. The summed E-state index contributed by atoms with van der Waals surface area (Å²) in [5.74, 6) is 1.46. The van der Waals surface area contributed by atoms with E-state index >= 15 is 0 Å². The molecule has 0 aliphatic rings. The third-order valence-electron chi connectivity index (χ3n) is 4.62. The van der Waals surface area contributed by atoms with E-state index in [-0.39, 0.29) is 4.90 Å². The molecular formula is C21H21N5O3S. The number of hydrogen-bond donors (Lipinski definition) is 3. The summed E-state index contributed by atoms with van der Waals surface area (Å²) in [5.41, 5.74) is 5.18.